The van der Waals surface area contributed by atoms with Crippen LogP contribution in [0.25, 0.3) is 0 Å². The van der Waals surface area contributed by atoms with Crippen molar-refractivity contribution >= 4 is 0 Å². The van der Waals surface area contributed by atoms with Crippen molar-refractivity contribution < 1.29 is 4.74 Å². The fourth-order valence-electron chi connectivity index (χ4n) is 1.83. The molecule has 1 heteroatoms. The van der Waals surface area contributed by atoms with Gasteiger partial charge in [0, 0.05) is 0 Å². The van der Waals surface area contributed by atoms with E-state index in [9.17, 15) is 0 Å². The molecular formula is C12H15O. The van der Waals surface area contributed by atoms with Crippen LogP contribution in [0.3, 0.4) is 0 Å². The Morgan fingerprint density at radius 1 is 1.38 bits per heavy atom. The Hall–Kier alpha value is -0.980. The normalized spacial score (nSPS) is 17.6. The maximum atomic E-state index is 5.84. The summed E-state index contributed by atoms with van der Waals surface area (Å²) in [6, 6.07) is 9.09. The largest absolute Gasteiger partial charge is 0.490 e. The van der Waals surface area contributed by atoms with Crippen molar-refractivity contribution in [1.82, 2.24) is 0 Å². The molecule has 0 amide bonds. The Morgan fingerprint density at radius 2 is 2.15 bits per heavy atom. The third-order valence-corrected chi connectivity index (χ3v) is 2.52. The quantitative estimate of drug-likeness (QED) is 0.671. The first-order valence-corrected chi connectivity index (χ1v) is 4.99. The Bertz CT molecular complexity index is 274. The molecule has 69 valence electrons. The van der Waals surface area contributed by atoms with E-state index in [1.54, 1.807) is 0 Å². The van der Waals surface area contributed by atoms with Gasteiger partial charge in [0.25, 0.3) is 0 Å². The molecule has 2 rings (SSSR count). The van der Waals surface area contributed by atoms with E-state index in [1.807, 2.05) is 19.1 Å². The highest BCUT2D eigenvalue weighted by Crippen LogP contribution is 2.24. The summed E-state index contributed by atoms with van der Waals surface area (Å²) < 4.78 is 5.84. The van der Waals surface area contributed by atoms with Gasteiger partial charge in [0.05, 0.1) is 6.10 Å². The third-order valence-electron chi connectivity index (χ3n) is 2.52. The summed E-state index contributed by atoms with van der Waals surface area (Å²) in [6.07, 6.45) is 5.54. The molecule has 0 saturated heterocycles. The van der Waals surface area contributed by atoms with Crippen molar-refractivity contribution in [1.29, 1.82) is 0 Å². The van der Waals surface area contributed by atoms with Gasteiger partial charge in [-0.15, -0.1) is 0 Å². The third kappa shape index (κ3) is 2.24. The van der Waals surface area contributed by atoms with Crippen molar-refractivity contribution in [2.45, 2.75) is 38.7 Å². The summed E-state index contributed by atoms with van der Waals surface area (Å²) in [7, 11) is 0. The van der Waals surface area contributed by atoms with Gasteiger partial charge in [0.2, 0.25) is 0 Å². The first-order valence-electron chi connectivity index (χ1n) is 4.99. The Morgan fingerprint density at radius 3 is 2.85 bits per heavy atom. The second-order valence-electron chi connectivity index (χ2n) is 3.73. The lowest BCUT2D eigenvalue weighted by Gasteiger charge is -2.12. The maximum Gasteiger partial charge on any atom is 0.120 e. The number of rotatable bonds is 2. The molecular weight excluding hydrogens is 160 g/mol. The molecule has 0 N–H and O–H groups in total. The van der Waals surface area contributed by atoms with Crippen LogP contribution in [-0.4, -0.2) is 6.10 Å². The van der Waals surface area contributed by atoms with E-state index >= 15 is 0 Å². The lowest BCUT2D eigenvalue weighted by molar-refractivity contribution is 0.210. The summed E-state index contributed by atoms with van der Waals surface area (Å²) in [6.45, 7) is 2.04. The van der Waals surface area contributed by atoms with Crippen LogP contribution in [0.2, 0.25) is 0 Å². The van der Waals surface area contributed by atoms with Crippen LogP contribution >= 0.6 is 0 Å². The summed E-state index contributed by atoms with van der Waals surface area (Å²) in [5.74, 6) is 1.00. The molecule has 0 unspecified atom stereocenters. The zero-order valence-corrected chi connectivity index (χ0v) is 8.05. The van der Waals surface area contributed by atoms with Gasteiger partial charge in [-0.25, -0.2) is 0 Å². The van der Waals surface area contributed by atoms with Crippen molar-refractivity contribution in [3.63, 3.8) is 0 Å². The SMILES string of the molecule is Cc1[c]ccc(OC2CCCC2)c1. The van der Waals surface area contributed by atoms with E-state index in [-0.39, 0.29) is 0 Å². The van der Waals surface area contributed by atoms with Gasteiger partial charge < -0.3 is 4.74 Å². The number of ether oxygens (including phenoxy) is 1. The van der Waals surface area contributed by atoms with Gasteiger partial charge in [-0.3, -0.25) is 0 Å². The monoisotopic (exact) mass is 175 g/mol. The maximum absolute atomic E-state index is 5.84. The lowest BCUT2D eigenvalue weighted by atomic mass is 10.2. The summed E-state index contributed by atoms with van der Waals surface area (Å²) in [5.41, 5.74) is 1.15. The first kappa shape index (κ1) is 8.61. The predicted octanol–water partition coefficient (Wildman–Crippen LogP) is 3.12. The molecule has 1 aliphatic rings. The van der Waals surface area contributed by atoms with Crippen molar-refractivity contribution in [2.75, 3.05) is 0 Å². The average molecular weight is 175 g/mol. The molecule has 0 heterocycles. The van der Waals surface area contributed by atoms with Gasteiger partial charge in [0.1, 0.15) is 5.75 Å². The molecule has 0 spiro atoms. The second-order valence-corrected chi connectivity index (χ2v) is 3.73. The zero-order valence-electron chi connectivity index (χ0n) is 8.05. The fourth-order valence-corrected chi connectivity index (χ4v) is 1.83. The van der Waals surface area contributed by atoms with Gasteiger partial charge in [-0.2, -0.15) is 0 Å². The van der Waals surface area contributed by atoms with E-state index in [0.29, 0.717) is 6.10 Å². The summed E-state index contributed by atoms with van der Waals surface area (Å²) in [5, 5.41) is 0. The smallest absolute Gasteiger partial charge is 0.120 e. The number of benzene rings is 1. The molecule has 1 aromatic carbocycles. The lowest BCUT2D eigenvalue weighted by Crippen LogP contribution is -2.10. The van der Waals surface area contributed by atoms with Gasteiger partial charge in [-0.1, -0.05) is 6.07 Å². The van der Waals surface area contributed by atoms with E-state index < -0.39 is 0 Å². The minimum Gasteiger partial charge on any atom is -0.490 e. The van der Waals surface area contributed by atoms with Gasteiger partial charge >= 0.3 is 0 Å². The van der Waals surface area contributed by atoms with Crippen LogP contribution in [0.1, 0.15) is 31.2 Å². The number of hydrogen-bond donors (Lipinski definition) is 0. The first-order chi connectivity index (χ1) is 6.34. The Labute approximate surface area is 79.7 Å². The van der Waals surface area contributed by atoms with Crippen LogP contribution in [0.5, 0.6) is 5.75 Å². The van der Waals surface area contributed by atoms with Crippen LogP contribution in [-0.2, 0) is 0 Å². The van der Waals surface area contributed by atoms with Gasteiger partial charge in [0.15, 0.2) is 0 Å². The molecule has 0 atom stereocenters. The Balaban J connectivity index is 2.00. The molecule has 1 nitrogen and oxygen atoms in total. The molecule has 1 radical (unpaired) electrons. The standard InChI is InChI=1S/C12H15O/c1-10-5-4-8-12(9-10)13-11-6-2-3-7-11/h4,8-9,11H,2-3,6-7H2,1H3. The molecule has 0 aromatic heterocycles. The van der Waals surface area contributed by atoms with Crippen molar-refractivity contribution in [2.24, 2.45) is 0 Å². The molecule has 1 fully saturated rings. The molecule has 0 aliphatic heterocycles. The summed E-state index contributed by atoms with van der Waals surface area (Å²) >= 11 is 0. The molecule has 1 saturated carbocycles. The highest BCUT2D eigenvalue weighted by Gasteiger charge is 2.16. The molecule has 1 aliphatic carbocycles. The topological polar surface area (TPSA) is 9.23 Å². The summed E-state index contributed by atoms with van der Waals surface area (Å²) in [4.78, 5) is 0. The highest BCUT2D eigenvalue weighted by atomic mass is 16.5. The number of aryl methyl sites for hydroxylation is 1. The van der Waals surface area contributed by atoms with E-state index in [4.69, 9.17) is 4.74 Å². The zero-order chi connectivity index (χ0) is 9.10. The van der Waals surface area contributed by atoms with Gasteiger partial charge in [-0.05, 0) is 56.4 Å². The van der Waals surface area contributed by atoms with Crippen molar-refractivity contribution in [3.05, 3.63) is 29.8 Å². The molecule has 1 aromatic rings. The molecule has 13 heavy (non-hydrogen) atoms. The molecule has 0 bridgehead atoms. The average Bonchev–Trinajstić information content (AvgIpc) is 2.57. The van der Waals surface area contributed by atoms with Crippen molar-refractivity contribution in [3.8, 4) is 5.75 Å². The van der Waals surface area contributed by atoms with Crippen LogP contribution < -0.4 is 4.74 Å². The van der Waals surface area contributed by atoms with Crippen LogP contribution in [0.4, 0.5) is 0 Å². The van der Waals surface area contributed by atoms with E-state index in [2.05, 4.69) is 12.1 Å². The number of hydrogen-bond acceptors (Lipinski definition) is 1. The minimum atomic E-state index is 0.460. The fraction of sp³-hybridized carbons (Fsp3) is 0.500. The minimum absolute atomic E-state index is 0.460. The predicted molar refractivity (Wildman–Crippen MR) is 52.9 cm³/mol. The highest BCUT2D eigenvalue weighted by molar-refractivity contribution is 5.26. The van der Waals surface area contributed by atoms with E-state index in [0.717, 1.165) is 11.3 Å². The van der Waals surface area contributed by atoms with Crippen LogP contribution in [0.15, 0.2) is 18.2 Å². The Kier molecular flexibility index (Phi) is 2.53. The second kappa shape index (κ2) is 3.82. The van der Waals surface area contributed by atoms with E-state index in [1.165, 1.54) is 25.7 Å². The van der Waals surface area contributed by atoms with Crippen LogP contribution in [0, 0.1) is 13.0 Å².